The van der Waals surface area contributed by atoms with Gasteiger partial charge in [0.2, 0.25) is 0 Å². The van der Waals surface area contributed by atoms with Crippen LogP contribution in [0.4, 0.5) is 5.69 Å². The number of aromatic nitrogens is 2. The van der Waals surface area contributed by atoms with E-state index >= 15 is 0 Å². The fraction of sp³-hybridized carbons (Fsp3) is 0.111. The summed E-state index contributed by atoms with van der Waals surface area (Å²) >= 11 is 0. The van der Waals surface area contributed by atoms with Gasteiger partial charge in [0.05, 0.1) is 23.7 Å². The summed E-state index contributed by atoms with van der Waals surface area (Å²) in [7, 11) is 1.49. The van der Waals surface area contributed by atoms with E-state index in [0.29, 0.717) is 22.6 Å². The van der Waals surface area contributed by atoms with Crippen molar-refractivity contribution in [2.24, 2.45) is 0 Å². The molecule has 1 heterocycles. The van der Waals surface area contributed by atoms with Crippen LogP contribution in [0.2, 0.25) is 0 Å². The first-order valence-electron chi connectivity index (χ1n) is 7.47. The van der Waals surface area contributed by atoms with E-state index in [0.717, 1.165) is 5.56 Å². The molecular formula is C18H15N3O4. The Morgan fingerprint density at radius 3 is 2.44 bits per heavy atom. The molecule has 7 nitrogen and oxygen atoms in total. The van der Waals surface area contributed by atoms with E-state index in [4.69, 9.17) is 9.47 Å². The molecule has 7 heteroatoms. The van der Waals surface area contributed by atoms with Crippen molar-refractivity contribution in [3.05, 3.63) is 76.9 Å². The largest absolute Gasteiger partial charge is 0.493 e. The molecule has 0 fully saturated rings. The molecule has 0 atom stereocenters. The van der Waals surface area contributed by atoms with Gasteiger partial charge in [0, 0.05) is 18.0 Å². The van der Waals surface area contributed by atoms with Crippen molar-refractivity contribution in [1.29, 1.82) is 0 Å². The predicted octanol–water partition coefficient (Wildman–Crippen LogP) is 3.64. The smallest absolute Gasteiger partial charge is 0.281 e. The highest BCUT2D eigenvalue weighted by Gasteiger charge is 2.21. The van der Waals surface area contributed by atoms with Crippen molar-refractivity contribution in [3.8, 4) is 22.6 Å². The Bertz CT molecular complexity index is 870. The molecule has 0 aliphatic rings. The Morgan fingerprint density at radius 2 is 1.80 bits per heavy atom. The second kappa shape index (κ2) is 7.39. The van der Waals surface area contributed by atoms with Crippen LogP contribution in [-0.2, 0) is 6.61 Å². The molecule has 1 aromatic heterocycles. The van der Waals surface area contributed by atoms with Crippen molar-refractivity contribution in [2.75, 3.05) is 7.11 Å². The summed E-state index contributed by atoms with van der Waals surface area (Å²) < 4.78 is 11.1. The summed E-state index contributed by atoms with van der Waals surface area (Å²) in [5.74, 6) is 0.707. The van der Waals surface area contributed by atoms with E-state index < -0.39 is 4.92 Å². The van der Waals surface area contributed by atoms with Crippen molar-refractivity contribution in [1.82, 2.24) is 9.97 Å². The Hall–Kier alpha value is -3.48. The van der Waals surface area contributed by atoms with Gasteiger partial charge in [0.15, 0.2) is 11.5 Å². The van der Waals surface area contributed by atoms with Gasteiger partial charge in [-0.1, -0.05) is 30.3 Å². The molecule has 0 saturated heterocycles. The number of hydrogen-bond donors (Lipinski definition) is 0. The second-order valence-corrected chi connectivity index (χ2v) is 5.18. The molecule has 0 bridgehead atoms. The average molecular weight is 337 g/mol. The fourth-order valence-corrected chi connectivity index (χ4v) is 2.38. The third kappa shape index (κ3) is 3.72. The van der Waals surface area contributed by atoms with E-state index in [-0.39, 0.29) is 12.3 Å². The Morgan fingerprint density at radius 1 is 1.08 bits per heavy atom. The topological polar surface area (TPSA) is 87.4 Å². The SMILES string of the molecule is COc1cc(-c2cncnc2)c([N+](=O)[O-])cc1OCc1ccccc1. The van der Waals surface area contributed by atoms with E-state index in [1.165, 1.54) is 31.9 Å². The molecule has 3 aromatic rings. The number of nitrogens with zero attached hydrogens (tertiary/aromatic N) is 3. The number of methoxy groups -OCH3 is 1. The molecule has 0 spiro atoms. The van der Waals surface area contributed by atoms with Crippen molar-refractivity contribution in [3.63, 3.8) is 0 Å². The van der Waals surface area contributed by atoms with Crippen LogP contribution >= 0.6 is 0 Å². The number of benzene rings is 2. The van der Waals surface area contributed by atoms with Crippen LogP contribution in [0.3, 0.4) is 0 Å². The zero-order valence-electron chi connectivity index (χ0n) is 13.5. The minimum absolute atomic E-state index is 0.0985. The number of rotatable bonds is 6. The average Bonchev–Trinajstić information content (AvgIpc) is 2.67. The zero-order valence-corrected chi connectivity index (χ0v) is 13.5. The molecule has 0 saturated carbocycles. The molecule has 25 heavy (non-hydrogen) atoms. The monoisotopic (exact) mass is 337 g/mol. The number of hydrogen-bond acceptors (Lipinski definition) is 6. The van der Waals surface area contributed by atoms with E-state index in [2.05, 4.69) is 9.97 Å². The van der Waals surface area contributed by atoms with Crippen LogP contribution in [0.1, 0.15) is 5.56 Å². The Labute approximate surface area is 144 Å². The van der Waals surface area contributed by atoms with Crippen molar-refractivity contribution >= 4 is 5.69 Å². The van der Waals surface area contributed by atoms with Gasteiger partial charge in [-0.15, -0.1) is 0 Å². The standard InChI is InChI=1S/C18H15N3O4/c1-24-17-7-15(14-9-19-12-20-10-14)16(21(22)23)8-18(17)25-11-13-5-3-2-4-6-13/h2-10,12H,11H2,1H3. The van der Waals surface area contributed by atoms with Crippen LogP contribution < -0.4 is 9.47 Å². The lowest BCUT2D eigenvalue weighted by molar-refractivity contribution is -0.384. The van der Waals surface area contributed by atoms with Crippen molar-refractivity contribution in [2.45, 2.75) is 6.61 Å². The van der Waals surface area contributed by atoms with Crippen molar-refractivity contribution < 1.29 is 14.4 Å². The summed E-state index contributed by atoms with van der Waals surface area (Å²) in [6, 6.07) is 12.5. The first-order chi connectivity index (χ1) is 12.2. The maximum atomic E-state index is 11.5. The predicted molar refractivity (Wildman–Crippen MR) is 91.4 cm³/mol. The van der Waals surface area contributed by atoms with Crippen LogP contribution in [0.5, 0.6) is 11.5 Å². The number of nitro benzene ring substituents is 1. The molecule has 0 aliphatic heterocycles. The van der Waals surface area contributed by atoms with Gasteiger partial charge in [-0.2, -0.15) is 0 Å². The van der Waals surface area contributed by atoms with Crippen LogP contribution in [0.15, 0.2) is 61.2 Å². The third-order valence-corrected chi connectivity index (χ3v) is 3.59. The third-order valence-electron chi connectivity index (χ3n) is 3.59. The maximum Gasteiger partial charge on any atom is 0.281 e. The summed E-state index contributed by atoms with van der Waals surface area (Å²) in [4.78, 5) is 18.8. The van der Waals surface area contributed by atoms with E-state index in [1.807, 2.05) is 30.3 Å². The number of nitro groups is 1. The fourth-order valence-electron chi connectivity index (χ4n) is 2.38. The molecular weight excluding hydrogens is 322 g/mol. The molecule has 0 N–H and O–H groups in total. The highest BCUT2D eigenvalue weighted by atomic mass is 16.6. The summed E-state index contributed by atoms with van der Waals surface area (Å²) in [6.45, 7) is 0.280. The van der Waals surface area contributed by atoms with Gasteiger partial charge >= 0.3 is 0 Å². The lowest BCUT2D eigenvalue weighted by Crippen LogP contribution is -2.00. The van der Waals surface area contributed by atoms with Crippen LogP contribution in [-0.4, -0.2) is 22.0 Å². The number of ether oxygens (including phenoxy) is 2. The van der Waals surface area contributed by atoms with Gasteiger partial charge in [-0.3, -0.25) is 10.1 Å². The summed E-state index contributed by atoms with van der Waals surface area (Å²) in [6.07, 6.45) is 4.39. The van der Waals surface area contributed by atoms with Gasteiger partial charge in [-0.05, 0) is 11.6 Å². The molecule has 126 valence electrons. The van der Waals surface area contributed by atoms with Gasteiger partial charge < -0.3 is 9.47 Å². The molecule has 0 aliphatic carbocycles. The molecule has 0 unspecified atom stereocenters. The lowest BCUT2D eigenvalue weighted by atomic mass is 10.1. The molecule has 2 aromatic carbocycles. The minimum atomic E-state index is -0.461. The highest BCUT2D eigenvalue weighted by Crippen LogP contribution is 2.39. The molecule has 0 amide bonds. The Kier molecular flexibility index (Phi) is 4.84. The van der Waals surface area contributed by atoms with Crippen LogP contribution in [0.25, 0.3) is 11.1 Å². The zero-order chi connectivity index (χ0) is 17.6. The van der Waals surface area contributed by atoms with Crippen LogP contribution in [0, 0.1) is 10.1 Å². The van der Waals surface area contributed by atoms with E-state index in [1.54, 1.807) is 6.07 Å². The normalized spacial score (nSPS) is 10.3. The first-order valence-corrected chi connectivity index (χ1v) is 7.47. The minimum Gasteiger partial charge on any atom is -0.493 e. The highest BCUT2D eigenvalue weighted by molar-refractivity contribution is 5.76. The summed E-state index contributed by atoms with van der Waals surface area (Å²) in [5, 5.41) is 11.5. The quantitative estimate of drug-likeness (QED) is 0.504. The first kappa shape index (κ1) is 16.4. The van der Waals surface area contributed by atoms with Gasteiger partial charge in [-0.25, -0.2) is 9.97 Å². The second-order valence-electron chi connectivity index (χ2n) is 5.18. The van der Waals surface area contributed by atoms with Gasteiger partial charge in [0.25, 0.3) is 5.69 Å². The lowest BCUT2D eigenvalue weighted by Gasteiger charge is -2.13. The van der Waals surface area contributed by atoms with Gasteiger partial charge in [0.1, 0.15) is 12.9 Å². The molecule has 3 rings (SSSR count). The maximum absolute atomic E-state index is 11.5. The Balaban J connectivity index is 1.99. The summed E-state index contributed by atoms with van der Waals surface area (Å²) in [5.41, 5.74) is 1.75. The molecule has 0 radical (unpaired) electrons. The van der Waals surface area contributed by atoms with E-state index in [9.17, 15) is 10.1 Å².